The summed E-state index contributed by atoms with van der Waals surface area (Å²) < 4.78 is 5.69. The minimum absolute atomic E-state index is 0.0101. The number of anilines is 1. The van der Waals surface area contributed by atoms with Gasteiger partial charge in [-0.2, -0.15) is 0 Å². The van der Waals surface area contributed by atoms with Crippen LogP contribution in [0.5, 0.6) is 5.75 Å². The summed E-state index contributed by atoms with van der Waals surface area (Å²) >= 11 is 0. The number of hydrogen-bond donors (Lipinski definition) is 1. The van der Waals surface area contributed by atoms with E-state index < -0.39 is 0 Å². The lowest BCUT2D eigenvalue weighted by molar-refractivity contribution is -0.121. The number of nitrogens with one attached hydrogen (secondary N) is 1. The van der Waals surface area contributed by atoms with Crippen molar-refractivity contribution in [2.75, 3.05) is 24.6 Å². The third-order valence-corrected chi connectivity index (χ3v) is 5.76. The van der Waals surface area contributed by atoms with Gasteiger partial charge in [0.2, 0.25) is 5.91 Å². The quantitative estimate of drug-likeness (QED) is 0.620. The minimum Gasteiger partial charge on any atom is -0.494 e. The van der Waals surface area contributed by atoms with E-state index in [4.69, 9.17) is 4.74 Å². The number of amides is 1. The Bertz CT molecular complexity index is 762. The molecule has 1 heterocycles. The van der Waals surface area contributed by atoms with Gasteiger partial charge in [0.1, 0.15) is 5.75 Å². The van der Waals surface area contributed by atoms with Crippen LogP contribution in [-0.2, 0) is 4.79 Å². The maximum Gasteiger partial charge on any atom is 0.220 e. The van der Waals surface area contributed by atoms with Gasteiger partial charge in [-0.3, -0.25) is 4.79 Å². The molecule has 0 saturated carbocycles. The predicted molar refractivity (Wildman–Crippen MR) is 120 cm³/mol. The zero-order valence-electron chi connectivity index (χ0n) is 18.0. The van der Waals surface area contributed by atoms with Crippen LogP contribution in [-0.4, -0.2) is 25.6 Å². The van der Waals surface area contributed by atoms with Gasteiger partial charge < -0.3 is 15.0 Å². The molecular weight excluding hydrogens is 360 g/mol. The van der Waals surface area contributed by atoms with E-state index in [0.717, 1.165) is 30.3 Å². The highest BCUT2D eigenvalue weighted by atomic mass is 16.5. The van der Waals surface area contributed by atoms with Gasteiger partial charge in [0.15, 0.2) is 0 Å². The first-order valence-corrected chi connectivity index (χ1v) is 10.8. The SMILES string of the molecule is Cc1ccc(OCCCC(=O)N[C@H](C)c2ccc(N3CCC(C)CC3)cc2)cc1. The summed E-state index contributed by atoms with van der Waals surface area (Å²) in [4.78, 5) is 14.7. The molecule has 1 saturated heterocycles. The molecule has 1 aliphatic rings. The van der Waals surface area contributed by atoms with Crippen LogP contribution in [0.3, 0.4) is 0 Å². The van der Waals surface area contributed by atoms with Crippen molar-refractivity contribution < 1.29 is 9.53 Å². The van der Waals surface area contributed by atoms with Crippen LogP contribution in [0.15, 0.2) is 48.5 Å². The highest BCUT2D eigenvalue weighted by molar-refractivity contribution is 5.76. The molecule has 1 amide bonds. The average Bonchev–Trinajstić information content (AvgIpc) is 2.73. The number of ether oxygens (including phenoxy) is 1. The van der Waals surface area contributed by atoms with E-state index in [0.29, 0.717) is 19.4 Å². The summed E-state index contributed by atoms with van der Waals surface area (Å²) in [7, 11) is 0. The van der Waals surface area contributed by atoms with Crippen molar-refractivity contribution in [1.82, 2.24) is 5.32 Å². The van der Waals surface area contributed by atoms with Crippen molar-refractivity contribution in [2.24, 2.45) is 5.92 Å². The maximum absolute atomic E-state index is 12.3. The highest BCUT2D eigenvalue weighted by Crippen LogP contribution is 2.24. The lowest BCUT2D eigenvalue weighted by atomic mass is 9.98. The second-order valence-electron chi connectivity index (χ2n) is 8.32. The van der Waals surface area contributed by atoms with Crippen molar-refractivity contribution >= 4 is 11.6 Å². The third-order valence-electron chi connectivity index (χ3n) is 5.76. The van der Waals surface area contributed by atoms with E-state index >= 15 is 0 Å². The fraction of sp³-hybridized carbons (Fsp3) is 0.480. The molecule has 0 aliphatic carbocycles. The first-order chi connectivity index (χ1) is 14.0. The van der Waals surface area contributed by atoms with Gasteiger partial charge in [0, 0.05) is 25.2 Å². The number of aryl methyl sites for hydroxylation is 1. The smallest absolute Gasteiger partial charge is 0.220 e. The Labute approximate surface area is 175 Å². The molecule has 0 unspecified atom stereocenters. The molecule has 2 aromatic rings. The predicted octanol–water partition coefficient (Wildman–Crippen LogP) is 5.27. The molecular formula is C25H34N2O2. The normalized spacial score (nSPS) is 15.8. The number of benzene rings is 2. The molecule has 1 fully saturated rings. The number of nitrogens with zero attached hydrogens (tertiary/aromatic N) is 1. The van der Waals surface area contributed by atoms with Gasteiger partial charge in [-0.25, -0.2) is 0 Å². The van der Waals surface area contributed by atoms with Crippen molar-refractivity contribution in [3.63, 3.8) is 0 Å². The van der Waals surface area contributed by atoms with Crippen LogP contribution in [0.1, 0.15) is 56.7 Å². The Morgan fingerprint density at radius 2 is 1.76 bits per heavy atom. The summed E-state index contributed by atoms with van der Waals surface area (Å²) in [6.07, 6.45) is 3.71. The summed E-state index contributed by atoms with van der Waals surface area (Å²) in [5.74, 6) is 1.76. The molecule has 4 nitrogen and oxygen atoms in total. The van der Waals surface area contributed by atoms with E-state index in [1.165, 1.54) is 24.1 Å². The Kier molecular flexibility index (Phi) is 7.56. The largest absolute Gasteiger partial charge is 0.494 e. The molecule has 4 heteroatoms. The second-order valence-corrected chi connectivity index (χ2v) is 8.32. The standard InChI is InChI=1S/C25H34N2O2/c1-19-6-12-24(13-7-19)29-18-4-5-25(28)26-21(3)22-8-10-23(11-9-22)27-16-14-20(2)15-17-27/h6-13,20-21H,4-5,14-18H2,1-3H3,(H,26,28)/t21-/m1/s1. The summed E-state index contributed by atoms with van der Waals surface area (Å²) in [5.41, 5.74) is 3.64. The molecule has 1 N–H and O–H groups in total. The maximum atomic E-state index is 12.3. The van der Waals surface area contributed by atoms with Crippen LogP contribution < -0.4 is 15.0 Å². The Hall–Kier alpha value is -2.49. The molecule has 1 atom stereocenters. The molecule has 156 valence electrons. The van der Waals surface area contributed by atoms with Gasteiger partial charge in [-0.05, 0) is 68.9 Å². The van der Waals surface area contributed by atoms with Crippen molar-refractivity contribution in [3.05, 3.63) is 59.7 Å². The lowest BCUT2D eigenvalue weighted by Gasteiger charge is -2.32. The first kappa shape index (κ1) is 21.2. The van der Waals surface area contributed by atoms with E-state index in [1.54, 1.807) is 0 Å². The van der Waals surface area contributed by atoms with Crippen LogP contribution in [0, 0.1) is 12.8 Å². The van der Waals surface area contributed by atoms with Crippen LogP contribution >= 0.6 is 0 Å². The van der Waals surface area contributed by atoms with Crippen molar-refractivity contribution in [3.8, 4) is 5.75 Å². The number of carbonyl (C=O) groups is 1. The zero-order chi connectivity index (χ0) is 20.6. The molecule has 29 heavy (non-hydrogen) atoms. The molecule has 0 aromatic heterocycles. The van der Waals surface area contributed by atoms with Crippen LogP contribution in [0.4, 0.5) is 5.69 Å². The van der Waals surface area contributed by atoms with E-state index in [2.05, 4.69) is 48.3 Å². The van der Waals surface area contributed by atoms with Crippen molar-refractivity contribution in [2.45, 2.75) is 52.5 Å². The van der Waals surface area contributed by atoms with Gasteiger partial charge in [-0.1, -0.05) is 36.8 Å². The highest BCUT2D eigenvalue weighted by Gasteiger charge is 2.16. The summed E-state index contributed by atoms with van der Waals surface area (Å²) in [5, 5.41) is 3.10. The molecule has 0 bridgehead atoms. The Morgan fingerprint density at radius 3 is 2.41 bits per heavy atom. The van der Waals surface area contributed by atoms with Gasteiger partial charge in [0.25, 0.3) is 0 Å². The molecule has 0 radical (unpaired) electrons. The van der Waals surface area contributed by atoms with Crippen LogP contribution in [0.25, 0.3) is 0 Å². The monoisotopic (exact) mass is 394 g/mol. The van der Waals surface area contributed by atoms with Crippen molar-refractivity contribution in [1.29, 1.82) is 0 Å². The number of carbonyl (C=O) groups excluding carboxylic acids is 1. The van der Waals surface area contributed by atoms with Gasteiger partial charge in [0.05, 0.1) is 12.6 Å². The average molecular weight is 395 g/mol. The Morgan fingerprint density at radius 1 is 1.10 bits per heavy atom. The number of piperidine rings is 1. The fourth-order valence-corrected chi connectivity index (χ4v) is 3.69. The third kappa shape index (κ3) is 6.52. The molecule has 3 rings (SSSR count). The summed E-state index contributed by atoms with van der Waals surface area (Å²) in [6.45, 7) is 9.25. The number of rotatable bonds is 8. The lowest BCUT2D eigenvalue weighted by Crippen LogP contribution is -2.32. The molecule has 1 aliphatic heterocycles. The first-order valence-electron chi connectivity index (χ1n) is 10.8. The van der Waals surface area contributed by atoms with E-state index in [-0.39, 0.29) is 11.9 Å². The molecule has 0 spiro atoms. The topological polar surface area (TPSA) is 41.6 Å². The minimum atomic E-state index is 0.0101. The molecule has 2 aromatic carbocycles. The second kappa shape index (κ2) is 10.3. The van der Waals surface area contributed by atoms with Gasteiger partial charge in [-0.15, -0.1) is 0 Å². The zero-order valence-corrected chi connectivity index (χ0v) is 18.0. The summed E-state index contributed by atoms with van der Waals surface area (Å²) in [6, 6.07) is 16.6. The fourth-order valence-electron chi connectivity index (χ4n) is 3.69. The van der Waals surface area contributed by atoms with Crippen LogP contribution in [0.2, 0.25) is 0 Å². The van der Waals surface area contributed by atoms with E-state index in [1.807, 2.05) is 31.2 Å². The van der Waals surface area contributed by atoms with E-state index in [9.17, 15) is 4.79 Å². The Balaban J connectivity index is 1.39. The number of hydrogen-bond acceptors (Lipinski definition) is 3. The van der Waals surface area contributed by atoms with Gasteiger partial charge >= 0.3 is 0 Å².